The third-order valence-electron chi connectivity index (χ3n) is 4.11. The lowest BCUT2D eigenvalue weighted by Crippen LogP contribution is -2.15. The van der Waals surface area contributed by atoms with Gasteiger partial charge in [-0.1, -0.05) is 19.9 Å². The summed E-state index contributed by atoms with van der Waals surface area (Å²) in [7, 11) is 5.35. The van der Waals surface area contributed by atoms with Gasteiger partial charge in [-0.25, -0.2) is 0 Å². The van der Waals surface area contributed by atoms with Gasteiger partial charge < -0.3 is 14.8 Å². The van der Waals surface area contributed by atoms with E-state index in [1.165, 1.54) is 24.2 Å². The van der Waals surface area contributed by atoms with Crippen molar-refractivity contribution in [2.75, 3.05) is 14.2 Å². The van der Waals surface area contributed by atoms with Crippen LogP contribution >= 0.6 is 0 Å². The lowest BCUT2D eigenvalue weighted by atomic mass is 10.2. The minimum atomic E-state index is 0.696. The Labute approximate surface area is 145 Å². The van der Waals surface area contributed by atoms with Crippen molar-refractivity contribution in [3.8, 4) is 11.5 Å². The smallest absolute Gasteiger partial charge is 0.127 e. The minimum Gasteiger partial charge on any atom is -0.497 e. The zero-order valence-corrected chi connectivity index (χ0v) is 15.4. The molecule has 1 aliphatic carbocycles. The Kier molecular flexibility index (Phi) is 6.67. The number of benzene rings is 1. The summed E-state index contributed by atoms with van der Waals surface area (Å²) in [6.07, 6.45) is 2.57. The Morgan fingerprint density at radius 1 is 1.12 bits per heavy atom. The van der Waals surface area contributed by atoms with Gasteiger partial charge in [-0.2, -0.15) is 5.10 Å². The van der Waals surface area contributed by atoms with Crippen LogP contribution in [-0.4, -0.2) is 24.0 Å². The van der Waals surface area contributed by atoms with E-state index in [1.807, 2.05) is 43.8 Å². The van der Waals surface area contributed by atoms with E-state index in [1.54, 1.807) is 14.2 Å². The molecule has 0 amide bonds. The molecule has 3 rings (SSSR count). The van der Waals surface area contributed by atoms with Crippen LogP contribution in [0.3, 0.4) is 0 Å². The van der Waals surface area contributed by atoms with Gasteiger partial charge >= 0.3 is 0 Å². The van der Waals surface area contributed by atoms with E-state index < -0.39 is 0 Å². The molecule has 0 bridgehead atoms. The molecule has 0 atom stereocenters. The van der Waals surface area contributed by atoms with E-state index in [0.717, 1.165) is 30.2 Å². The van der Waals surface area contributed by atoms with Crippen LogP contribution < -0.4 is 14.8 Å². The van der Waals surface area contributed by atoms with Crippen molar-refractivity contribution in [2.45, 2.75) is 45.7 Å². The summed E-state index contributed by atoms with van der Waals surface area (Å²) in [6.45, 7) is 5.54. The second-order valence-electron chi connectivity index (χ2n) is 5.74. The maximum atomic E-state index is 5.42. The van der Waals surface area contributed by atoms with Crippen LogP contribution in [0.1, 0.15) is 49.6 Å². The molecule has 24 heavy (non-hydrogen) atoms. The third kappa shape index (κ3) is 4.51. The van der Waals surface area contributed by atoms with Gasteiger partial charge in [0.15, 0.2) is 0 Å². The van der Waals surface area contributed by atoms with E-state index >= 15 is 0 Å². The Morgan fingerprint density at radius 2 is 1.88 bits per heavy atom. The molecular weight excluding hydrogens is 302 g/mol. The summed E-state index contributed by atoms with van der Waals surface area (Å²) in [4.78, 5) is 0. The van der Waals surface area contributed by atoms with Crippen molar-refractivity contribution in [1.82, 2.24) is 15.1 Å². The molecule has 1 aromatic heterocycles. The second-order valence-corrected chi connectivity index (χ2v) is 5.74. The SMILES string of the molecule is CC.COc1ccc(CNCc2cc(C3CC3)nn2C)c(OC)c1. The molecular formula is C19H29N3O2. The predicted molar refractivity (Wildman–Crippen MR) is 96.6 cm³/mol. The van der Waals surface area contributed by atoms with Crippen LogP contribution in [0.4, 0.5) is 0 Å². The van der Waals surface area contributed by atoms with Gasteiger partial charge in [-0.3, -0.25) is 4.68 Å². The number of aryl methyl sites for hydroxylation is 1. The highest BCUT2D eigenvalue weighted by atomic mass is 16.5. The molecule has 0 saturated heterocycles. The number of ether oxygens (including phenoxy) is 2. The van der Waals surface area contributed by atoms with Crippen LogP contribution in [0.25, 0.3) is 0 Å². The van der Waals surface area contributed by atoms with Crippen molar-refractivity contribution in [1.29, 1.82) is 0 Å². The molecule has 5 nitrogen and oxygen atoms in total. The molecule has 1 heterocycles. The fourth-order valence-electron chi connectivity index (χ4n) is 2.60. The summed E-state index contributed by atoms with van der Waals surface area (Å²) in [5, 5.41) is 8.05. The molecule has 0 spiro atoms. The van der Waals surface area contributed by atoms with Crippen LogP contribution in [0.5, 0.6) is 11.5 Å². The minimum absolute atomic E-state index is 0.696. The van der Waals surface area contributed by atoms with Gasteiger partial charge in [0.05, 0.1) is 25.6 Å². The topological polar surface area (TPSA) is 48.3 Å². The zero-order chi connectivity index (χ0) is 17.5. The molecule has 1 aromatic carbocycles. The Morgan fingerprint density at radius 3 is 2.50 bits per heavy atom. The number of aromatic nitrogens is 2. The fourth-order valence-corrected chi connectivity index (χ4v) is 2.60. The highest BCUT2D eigenvalue weighted by Crippen LogP contribution is 2.39. The fraction of sp³-hybridized carbons (Fsp3) is 0.526. The van der Waals surface area contributed by atoms with E-state index in [2.05, 4.69) is 16.5 Å². The summed E-state index contributed by atoms with van der Waals surface area (Å²) in [5.74, 6) is 2.35. The van der Waals surface area contributed by atoms with E-state index in [4.69, 9.17) is 9.47 Å². The third-order valence-corrected chi connectivity index (χ3v) is 4.11. The van der Waals surface area contributed by atoms with E-state index in [-0.39, 0.29) is 0 Å². The molecule has 132 valence electrons. The van der Waals surface area contributed by atoms with Crippen molar-refractivity contribution in [3.05, 3.63) is 41.2 Å². The van der Waals surface area contributed by atoms with Crippen molar-refractivity contribution in [3.63, 3.8) is 0 Å². The maximum absolute atomic E-state index is 5.42. The molecule has 1 fully saturated rings. The van der Waals surface area contributed by atoms with Crippen LogP contribution in [0.2, 0.25) is 0 Å². The lowest BCUT2D eigenvalue weighted by Gasteiger charge is -2.11. The van der Waals surface area contributed by atoms with Crippen LogP contribution in [0, 0.1) is 0 Å². The van der Waals surface area contributed by atoms with Crippen molar-refractivity contribution >= 4 is 0 Å². The monoisotopic (exact) mass is 331 g/mol. The van der Waals surface area contributed by atoms with E-state index in [9.17, 15) is 0 Å². The number of hydrogen-bond acceptors (Lipinski definition) is 4. The second kappa shape index (κ2) is 8.73. The summed E-state index contributed by atoms with van der Waals surface area (Å²) >= 11 is 0. The van der Waals surface area contributed by atoms with Gasteiger partial charge in [0, 0.05) is 37.7 Å². The first-order valence-electron chi connectivity index (χ1n) is 8.65. The summed E-state index contributed by atoms with van der Waals surface area (Å²) < 4.78 is 12.6. The standard InChI is InChI=1S/C17H23N3O2.C2H6/c1-20-14(8-16(19-20)12-4-5-12)11-18-10-13-6-7-15(21-2)9-17(13)22-3;1-2/h6-9,12,18H,4-5,10-11H2,1-3H3;1-2H3. The quantitative estimate of drug-likeness (QED) is 0.841. The lowest BCUT2D eigenvalue weighted by molar-refractivity contribution is 0.389. The van der Waals surface area contributed by atoms with E-state index in [0.29, 0.717) is 5.92 Å². The first-order valence-corrected chi connectivity index (χ1v) is 8.65. The molecule has 0 aliphatic heterocycles. The number of nitrogens with one attached hydrogen (secondary N) is 1. The highest BCUT2D eigenvalue weighted by molar-refractivity contribution is 5.40. The van der Waals surface area contributed by atoms with Gasteiger partial charge in [0.1, 0.15) is 11.5 Å². The van der Waals surface area contributed by atoms with Crippen LogP contribution in [0.15, 0.2) is 24.3 Å². The largest absolute Gasteiger partial charge is 0.497 e. The normalized spacial score (nSPS) is 13.2. The van der Waals surface area contributed by atoms with Gasteiger partial charge in [-0.15, -0.1) is 0 Å². The zero-order valence-electron chi connectivity index (χ0n) is 15.4. The number of nitrogens with zero attached hydrogens (tertiary/aromatic N) is 2. The summed E-state index contributed by atoms with van der Waals surface area (Å²) in [5.41, 5.74) is 3.57. The average Bonchev–Trinajstić information content (AvgIpc) is 3.41. The predicted octanol–water partition coefficient (Wildman–Crippen LogP) is 3.63. The molecule has 5 heteroatoms. The number of rotatable bonds is 7. The van der Waals surface area contributed by atoms with Gasteiger partial charge in [-0.05, 0) is 25.0 Å². The molecule has 0 unspecified atom stereocenters. The number of methoxy groups -OCH3 is 2. The average molecular weight is 331 g/mol. The number of hydrogen-bond donors (Lipinski definition) is 1. The first-order chi connectivity index (χ1) is 11.7. The van der Waals surface area contributed by atoms with Gasteiger partial charge in [0.25, 0.3) is 0 Å². The Bertz CT molecular complexity index is 648. The van der Waals surface area contributed by atoms with Crippen molar-refractivity contribution < 1.29 is 9.47 Å². The molecule has 1 N–H and O–H groups in total. The maximum Gasteiger partial charge on any atom is 0.127 e. The van der Waals surface area contributed by atoms with Gasteiger partial charge in [0.2, 0.25) is 0 Å². The Balaban J connectivity index is 0.00000100. The van der Waals surface area contributed by atoms with Crippen molar-refractivity contribution in [2.24, 2.45) is 7.05 Å². The molecule has 0 radical (unpaired) electrons. The first kappa shape index (κ1) is 18.3. The Hall–Kier alpha value is -2.01. The van der Waals surface area contributed by atoms with Crippen LogP contribution in [-0.2, 0) is 20.1 Å². The molecule has 1 saturated carbocycles. The molecule has 2 aromatic rings. The summed E-state index contributed by atoms with van der Waals surface area (Å²) in [6, 6.07) is 8.11. The molecule has 1 aliphatic rings. The highest BCUT2D eigenvalue weighted by Gasteiger charge is 2.26.